The van der Waals surface area contributed by atoms with Gasteiger partial charge in [-0.3, -0.25) is 0 Å². The molecule has 0 heterocycles. The van der Waals surface area contributed by atoms with Gasteiger partial charge in [-0.1, -0.05) is 36.4 Å². The molecule has 0 aliphatic heterocycles. The molecule has 2 aromatic carbocycles. The number of aliphatic hydroxyl groups excluding tert-OH is 1. The van der Waals surface area contributed by atoms with E-state index in [0.717, 1.165) is 16.9 Å². The van der Waals surface area contributed by atoms with Crippen LogP contribution in [0.2, 0.25) is 0 Å². The molecule has 0 spiro atoms. The topological polar surface area (TPSA) is 38.7 Å². The van der Waals surface area contributed by atoms with Gasteiger partial charge in [0, 0.05) is 12.0 Å². The zero-order chi connectivity index (χ0) is 13.7. The van der Waals surface area contributed by atoms with Crippen molar-refractivity contribution in [2.45, 2.75) is 12.5 Å². The van der Waals surface area contributed by atoms with Crippen molar-refractivity contribution in [3.8, 4) is 11.5 Å². The van der Waals surface area contributed by atoms with Gasteiger partial charge in [0.25, 0.3) is 0 Å². The van der Waals surface area contributed by atoms with Gasteiger partial charge >= 0.3 is 0 Å². The van der Waals surface area contributed by atoms with E-state index in [-0.39, 0.29) is 0 Å². The highest BCUT2D eigenvalue weighted by Gasteiger charge is 2.15. The van der Waals surface area contributed by atoms with E-state index in [1.807, 2.05) is 48.5 Å². The normalized spacial score (nSPS) is 11.9. The average Bonchev–Trinajstić information content (AvgIpc) is 2.47. The van der Waals surface area contributed by atoms with Crippen LogP contribution in [0.4, 0.5) is 0 Å². The molecule has 100 valence electrons. The van der Waals surface area contributed by atoms with Crippen molar-refractivity contribution < 1.29 is 14.6 Å². The van der Waals surface area contributed by atoms with Crippen molar-refractivity contribution in [1.82, 2.24) is 0 Å². The Labute approximate surface area is 113 Å². The Hall–Kier alpha value is -2.00. The molecule has 1 N–H and O–H groups in total. The first-order chi connectivity index (χ1) is 9.26. The Morgan fingerprint density at radius 3 is 2.16 bits per heavy atom. The molecule has 1 atom stereocenters. The molecule has 1 unspecified atom stereocenters. The number of para-hydroxylation sites is 2. The number of hydrogen-bond acceptors (Lipinski definition) is 3. The smallest absolute Gasteiger partial charge is 0.124 e. The van der Waals surface area contributed by atoms with Gasteiger partial charge in [-0.2, -0.15) is 0 Å². The molecule has 0 aliphatic carbocycles. The first-order valence-corrected chi connectivity index (χ1v) is 6.19. The van der Waals surface area contributed by atoms with E-state index in [1.165, 1.54) is 0 Å². The fraction of sp³-hybridized carbons (Fsp3) is 0.250. The van der Waals surface area contributed by atoms with Crippen LogP contribution in [0.1, 0.15) is 17.2 Å². The number of hydrogen-bond donors (Lipinski definition) is 1. The van der Waals surface area contributed by atoms with E-state index in [9.17, 15) is 5.11 Å². The van der Waals surface area contributed by atoms with E-state index in [1.54, 1.807) is 14.2 Å². The summed E-state index contributed by atoms with van der Waals surface area (Å²) in [5.41, 5.74) is 1.76. The highest BCUT2D eigenvalue weighted by Crippen LogP contribution is 2.29. The van der Waals surface area contributed by atoms with Gasteiger partial charge in [-0.25, -0.2) is 0 Å². The molecule has 0 saturated heterocycles. The maximum Gasteiger partial charge on any atom is 0.124 e. The van der Waals surface area contributed by atoms with Crippen molar-refractivity contribution in [1.29, 1.82) is 0 Å². The van der Waals surface area contributed by atoms with E-state index in [0.29, 0.717) is 12.2 Å². The monoisotopic (exact) mass is 258 g/mol. The van der Waals surface area contributed by atoms with Crippen molar-refractivity contribution >= 4 is 0 Å². The minimum absolute atomic E-state index is 0.490. The number of benzene rings is 2. The van der Waals surface area contributed by atoms with Crippen LogP contribution in [-0.2, 0) is 6.42 Å². The van der Waals surface area contributed by atoms with Gasteiger partial charge in [0.15, 0.2) is 0 Å². The number of aliphatic hydroxyl groups is 1. The maximum atomic E-state index is 10.4. The van der Waals surface area contributed by atoms with Gasteiger partial charge in [0.05, 0.1) is 20.3 Å². The Balaban J connectivity index is 2.23. The summed E-state index contributed by atoms with van der Waals surface area (Å²) in [4.78, 5) is 0. The first kappa shape index (κ1) is 13.4. The second-order valence-corrected chi connectivity index (χ2v) is 4.27. The largest absolute Gasteiger partial charge is 0.496 e. The fourth-order valence-corrected chi connectivity index (χ4v) is 2.13. The minimum Gasteiger partial charge on any atom is -0.496 e. The molecule has 2 rings (SSSR count). The Morgan fingerprint density at radius 2 is 1.47 bits per heavy atom. The maximum absolute atomic E-state index is 10.4. The predicted octanol–water partition coefficient (Wildman–Crippen LogP) is 2.98. The molecule has 0 aliphatic rings. The molecule has 0 fully saturated rings. The number of rotatable bonds is 5. The van der Waals surface area contributed by atoms with Crippen LogP contribution >= 0.6 is 0 Å². The SMILES string of the molecule is COc1ccccc1CC(O)c1ccccc1OC. The lowest BCUT2D eigenvalue weighted by atomic mass is 10.00. The summed E-state index contributed by atoms with van der Waals surface area (Å²) >= 11 is 0. The molecule has 0 amide bonds. The second-order valence-electron chi connectivity index (χ2n) is 4.27. The molecule has 0 saturated carbocycles. The van der Waals surface area contributed by atoms with Crippen molar-refractivity contribution in [3.63, 3.8) is 0 Å². The Kier molecular flexibility index (Phi) is 4.42. The zero-order valence-corrected chi connectivity index (χ0v) is 11.2. The lowest BCUT2D eigenvalue weighted by molar-refractivity contribution is 0.173. The van der Waals surface area contributed by atoms with E-state index in [4.69, 9.17) is 9.47 Å². The van der Waals surface area contributed by atoms with Crippen LogP contribution in [0.15, 0.2) is 48.5 Å². The predicted molar refractivity (Wildman–Crippen MR) is 74.7 cm³/mol. The van der Waals surface area contributed by atoms with E-state index in [2.05, 4.69) is 0 Å². The second kappa shape index (κ2) is 6.25. The van der Waals surface area contributed by atoms with Crippen molar-refractivity contribution in [3.05, 3.63) is 59.7 Å². The summed E-state index contributed by atoms with van der Waals surface area (Å²) in [5.74, 6) is 1.49. The minimum atomic E-state index is -0.618. The third-order valence-electron chi connectivity index (χ3n) is 3.10. The lowest BCUT2D eigenvalue weighted by Crippen LogP contribution is -2.05. The highest BCUT2D eigenvalue weighted by molar-refractivity contribution is 5.38. The van der Waals surface area contributed by atoms with Crippen LogP contribution in [0.25, 0.3) is 0 Å². The molecule has 0 radical (unpaired) electrons. The molecule has 19 heavy (non-hydrogen) atoms. The first-order valence-electron chi connectivity index (χ1n) is 6.19. The third-order valence-corrected chi connectivity index (χ3v) is 3.10. The van der Waals surface area contributed by atoms with Gasteiger partial charge < -0.3 is 14.6 Å². The summed E-state index contributed by atoms with van der Waals surface area (Å²) in [6.45, 7) is 0. The van der Waals surface area contributed by atoms with Crippen LogP contribution in [0.5, 0.6) is 11.5 Å². The molecule has 3 heteroatoms. The number of methoxy groups -OCH3 is 2. The van der Waals surface area contributed by atoms with Crippen LogP contribution in [-0.4, -0.2) is 19.3 Å². The lowest BCUT2D eigenvalue weighted by Gasteiger charge is -2.16. The summed E-state index contributed by atoms with van der Waals surface area (Å²) < 4.78 is 10.6. The third kappa shape index (κ3) is 3.06. The summed E-state index contributed by atoms with van der Waals surface area (Å²) in [5, 5.41) is 10.4. The molecular formula is C16H18O3. The standard InChI is InChI=1S/C16H18O3/c1-18-15-9-5-3-7-12(15)11-14(17)13-8-4-6-10-16(13)19-2/h3-10,14,17H,11H2,1-2H3. The van der Waals surface area contributed by atoms with E-state index < -0.39 is 6.10 Å². The van der Waals surface area contributed by atoms with E-state index >= 15 is 0 Å². The molecule has 0 aromatic heterocycles. The van der Waals surface area contributed by atoms with Gasteiger partial charge in [-0.05, 0) is 17.7 Å². The Bertz CT molecular complexity index is 537. The van der Waals surface area contributed by atoms with Gasteiger partial charge in [0.1, 0.15) is 11.5 Å². The van der Waals surface area contributed by atoms with Crippen molar-refractivity contribution in [2.75, 3.05) is 14.2 Å². The summed E-state index contributed by atoms with van der Waals surface area (Å²) in [6.07, 6.45) is -0.128. The quantitative estimate of drug-likeness (QED) is 0.896. The summed E-state index contributed by atoms with van der Waals surface area (Å²) in [7, 11) is 3.24. The molecule has 0 bridgehead atoms. The zero-order valence-electron chi connectivity index (χ0n) is 11.2. The van der Waals surface area contributed by atoms with Gasteiger partial charge in [0.2, 0.25) is 0 Å². The molecule has 3 nitrogen and oxygen atoms in total. The highest BCUT2D eigenvalue weighted by atomic mass is 16.5. The fourth-order valence-electron chi connectivity index (χ4n) is 2.13. The summed E-state index contributed by atoms with van der Waals surface area (Å²) in [6, 6.07) is 15.2. The van der Waals surface area contributed by atoms with Crippen LogP contribution in [0.3, 0.4) is 0 Å². The molecular weight excluding hydrogens is 240 g/mol. The van der Waals surface area contributed by atoms with Crippen LogP contribution in [0, 0.1) is 0 Å². The average molecular weight is 258 g/mol. The number of ether oxygens (including phenoxy) is 2. The molecule has 2 aromatic rings. The van der Waals surface area contributed by atoms with Crippen LogP contribution < -0.4 is 9.47 Å². The Morgan fingerprint density at radius 1 is 0.895 bits per heavy atom. The van der Waals surface area contributed by atoms with Crippen molar-refractivity contribution in [2.24, 2.45) is 0 Å². The van der Waals surface area contributed by atoms with Gasteiger partial charge in [-0.15, -0.1) is 0 Å².